The summed E-state index contributed by atoms with van der Waals surface area (Å²) in [5, 5.41) is 2.93. The summed E-state index contributed by atoms with van der Waals surface area (Å²) in [5.41, 5.74) is 1.60. The fourth-order valence-corrected chi connectivity index (χ4v) is 2.55. The third-order valence-electron chi connectivity index (χ3n) is 3.80. The highest BCUT2D eigenvalue weighted by molar-refractivity contribution is 6.05. The molecule has 3 rings (SSSR count). The maximum atomic E-state index is 12.4. The molecular weight excluding hydrogens is 360 g/mol. The largest absolute Gasteiger partial charge is 0.462 e. The third-order valence-corrected chi connectivity index (χ3v) is 3.80. The van der Waals surface area contributed by atoms with Crippen LogP contribution < -0.4 is 10.9 Å². The van der Waals surface area contributed by atoms with Gasteiger partial charge in [-0.15, -0.1) is 0 Å². The first-order valence-corrected chi connectivity index (χ1v) is 8.64. The van der Waals surface area contributed by atoms with Gasteiger partial charge < -0.3 is 9.15 Å². The third kappa shape index (κ3) is 4.32. The zero-order valence-corrected chi connectivity index (χ0v) is 15.4. The average molecular weight is 378 g/mol. The number of rotatable bonds is 4. The van der Waals surface area contributed by atoms with E-state index in [-0.39, 0.29) is 17.7 Å². The summed E-state index contributed by atoms with van der Waals surface area (Å²) < 4.78 is 10.7. The molecule has 0 spiro atoms. The Bertz CT molecular complexity index is 1110. The van der Waals surface area contributed by atoms with E-state index in [1.165, 1.54) is 6.92 Å². The topological polar surface area (TPSA) is 98.0 Å². The predicted octanol–water partition coefficient (Wildman–Crippen LogP) is 3.12. The lowest BCUT2D eigenvalue weighted by atomic mass is 10.1. The number of para-hydroxylation sites is 1. The van der Waals surface area contributed by atoms with E-state index in [9.17, 15) is 14.4 Å². The van der Waals surface area contributed by atoms with Crippen molar-refractivity contribution in [3.63, 3.8) is 0 Å². The average Bonchev–Trinajstić information content (AvgIpc) is 2.67. The minimum atomic E-state index is -0.608. The number of ether oxygens (including phenoxy) is 1. The van der Waals surface area contributed by atoms with Gasteiger partial charge in [-0.3, -0.25) is 14.9 Å². The maximum Gasteiger partial charge on any atom is 0.338 e. The van der Waals surface area contributed by atoms with Gasteiger partial charge in [-0.1, -0.05) is 18.2 Å². The Hall–Kier alpha value is -3.74. The molecule has 2 amide bonds. The Labute approximate surface area is 160 Å². The lowest BCUT2D eigenvalue weighted by Crippen LogP contribution is -2.32. The molecule has 0 aliphatic heterocycles. The van der Waals surface area contributed by atoms with Gasteiger partial charge in [-0.05, 0) is 43.3 Å². The van der Waals surface area contributed by atoms with Crippen molar-refractivity contribution >= 4 is 34.4 Å². The summed E-state index contributed by atoms with van der Waals surface area (Å²) in [4.78, 5) is 39.8. The molecule has 3 aromatic rings. The number of hydrogen-bond donors (Lipinski definition) is 1. The van der Waals surface area contributed by atoms with Crippen molar-refractivity contribution in [2.75, 3.05) is 6.61 Å². The SMILES string of the molecule is CCOC(=O)c1ccc(N=c2oc3ccccc3cc2C(=O)NC(C)=O)cc1. The zero-order chi connectivity index (χ0) is 20.1. The second-order valence-electron chi connectivity index (χ2n) is 5.89. The van der Waals surface area contributed by atoms with Crippen LogP contribution in [-0.4, -0.2) is 24.4 Å². The number of esters is 1. The summed E-state index contributed by atoms with van der Waals surface area (Å²) in [6.07, 6.45) is 0. The maximum absolute atomic E-state index is 12.4. The second kappa shape index (κ2) is 8.30. The minimum absolute atomic E-state index is 0.0568. The molecule has 0 fully saturated rings. The van der Waals surface area contributed by atoms with E-state index in [0.717, 1.165) is 0 Å². The van der Waals surface area contributed by atoms with E-state index < -0.39 is 17.8 Å². The highest BCUT2D eigenvalue weighted by atomic mass is 16.5. The van der Waals surface area contributed by atoms with E-state index in [1.807, 2.05) is 6.07 Å². The molecule has 142 valence electrons. The Morgan fingerprint density at radius 2 is 1.79 bits per heavy atom. The lowest BCUT2D eigenvalue weighted by Gasteiger charge is -2.05. The van der Waals surface area contributed by atoms with Crippen molar-refractivity contribution < 1.29 is 23.5 Å². The molecule has 0 atom stereocenters. The molecule has 0 saturated heterocycles. The first kappa shape index (κ1) is 19.0. The molecule has 1 aromatic heterocycles. The number of carbonyl (C=O) groups excluding carboxylic acids is 3. The van der Waals surface area contributed by atoms with Crippen molar-refractivity contribution in [3.05, 3.63) is 71.3 Å². The quantitative estimate of drug-likeness (QED) is 0.704. The van der Waals surface area contributed by atoms with Gasteiger partial charge in [-0.25, -0.2) is 9.79 Å². The van der Waals surface area contributed by atoms with Crippen molar-refractivity contribution in [1.29, 1.82) is 0 Å². The van der Waals surface area contributed by atoms with Crippen molar-refractivity contribution in [2.45, 2.75) is 13.8 Å². The summed E-state index contributed by atoms with van der Waals surface area (Å²) in [5.74, 6) is -1.52. The van der Waals surface area contributed by atoms with Gasteiger partial charge in [0, 0.05) is 12.3 Å². The Morgan fingerprint density at radius 1 is 1.07 bits per heavy atom. The Morgan fingerprint density at radius 3 is 2.46 bits per heavy atom. The van der Waals surface area contributed by atoms with Crippen LogP contribution >= 0.6 is 0 Å². The zero-order valence-electron chi connectivity index (χ0n) is 15.4. The van der Waals surface area contributed by atoms with Crippen LogP contribution in [0.5, 0.6) is 0 Å². The number of nitrogens with one attached hydrogen (secondary N) is 1. The van der Waals surface area contributed by atoms with Crippen LogP contribution in [0.1, 0.15) is 34.6 Å². The van der Waals surface area contributed by atoms with Gasteiger partial charge in [0.2, 0.25) is 11.5 Å². The fraction of sp³-hybridized carbons (Fsp3) is 0.143. The number of imide groups is 1. The van der Waals surface area contributed by atoms with E-state index in [2.05, 4.69) is 10.3 Å². The predicted molar refractivity (Wildman–Crippen MR) is 102 cm³/mol. The molecule has 0 saturated carbocycles. The van der Waals surface area contributed by atoms with Gasteiger partial charge in [0.15, 0.2) is 0 Å². The second-order valence-corrected chi connectivity index (χ2v) is 5.89. The van der Waals surface area contributed by atoms with E-state index in [1.54, 1.807) is 55.5 Å². The van der Waals surface area contributed by atoms with Gasteiger partial charge >= 0.3 is 5.97 Å². The molecule has 0 unspecified atom stereocenters. The van der Waals surface area contributed by atoms with Gasteiger partial charge in [0.05, 0.1) is 17.9 Å². The molecule has 0 radical (unpaired) electrons. The van der Waals surface area contributed by atoms with Crippen molar-refractivity contribution in [1.82, 2.24) is 5.32 Å². The summed E-state index contributed by atoms with van der Waals surface area (Å²) >= 11 is 0. The van der Waals surface area contributed by atoms with Gasteiger partial charge in [0.1, 0.15) is 11.1 Å². The minimum Gasteiger partial charge on any atom is -0.462 e. The number of fused-ring (bicyclic) bond motifs is 1. The normalized spacial score (nSPS) is 11.3. The molecular formula is C21H18N2O5. The molecule has 2 aromatic carbocycles. The van der Waals surface area contributed by atoms with Crippen LogP contribution in [0.15, 0.2) is 64.0 Å². The lowest BCUT2D eigenvalue weighted by molar-refractivity contribution is -0.118. The fourth-order valence-electron chi connectivity index (χ4n) is 2.55. The van der Waals surface area contributed by atoms with Crippen LogP contribution in [0.4, 0.5) is 5.69 Å². The first-order chi connectivity index (χ1) is 13.5. The molecule has 28 heavy (non-hydrogen) atoms. The number of benzene rings is 2. The molecule has 1 N–H and O–H groups in total. The number of amides is 2. The van der Waals surface area contributed by atoms with E-state index >= 15 is 0 Å². The molecule has 0 bridgehead atoms. The van der Waals surface area contributed by atoms with Gasteiger partial charge in [0.25, 0.3) is 5.91 Å². The number of hydrogen-bond acceptors (Lipinski definition) is 6. The van der Waals surface area contributed by atoms with Crippen LogP contribution in [0, 0.1) is 0 Å². The van der Waals surface area contributed by atoms with Crippen LogP contribution in [0.3, 0.4) is 0 Å². The molecule has 7 nitrogen and oxygen atoms in total. The van der Waals surface area contributed by atoms with Crippen LogP contribution in [-0.2, 0) is 9.53 Å². The highest BCUT2D eigenvalue weighted by Gasteiger charge is 2.14. The standard InChI is InChI=1S/C21H18N2O5/c1-3-27-21(26)14-8-10-16(11-9-14)23-20-17(19(25)22-13(2)24)12-15-6-4-5-7-18(15)28-20/h4-12H,3H2,1-2H3,(H,22,24,25). The van der Waals surface area contributed by atoms with Crippen molar-refractivity contribution in [3.8, 4) is 0 Å². The van der Waals surface area contributed by atoms with Gasteiger partial charge in [-0.2, -0.15) is 0 Å². The Balaban J connectivity index is 2.08. The van der Waals surface area contributed by atoms with Crippen molar-refractivity contribution in [2.24, 2.45) is 4.99 Å². The summed E-state index contributed by atoms with van der Waals surface area (Å²) in [7, 11) is 0. The summed E-state index contributed by atoms with van der Waals surface area (Å²) in [6, 6.07) is 15.2. The smallest absolute Gasteiger partial charge is 0.338 e. The number of nitrogens with zero attached hydrogens (tertiary/aromatic N) is 1. The van der Waals surface area contributed by atoms with Crippen LogP contribution in [0.25, 0.3) is 11.0 Å². The molecule has 1 heterocycles. The number of carbonyl (C=O) groups is 3. The molecule has 0 aliphatic carbocycles. The molecule has 0 aliphatic rings. The Kier molecular flexibility index (Phi) is 5.64. The highest BCUT2D eigenvalue weighted by Crippen LogP contribution is 2.16. The monoisotopic (exact) mass is 378 g/mol. The summed E-state index contributed by atoms with van der Waals surface area (Å²) in [6.45, 7) is 3.27. The van der Waals surface area contributed by atoms with E-state index in [4.69, 9.17) is 9.15 Å². The van der Waals surface area contributed by atoms with Crippen LogP contribution in [0.2, 0.25) is 0 Å². The first-order valence-electron chi connectivity index (χ1n) is 8.64. The van der Waals surface area contributed by atoms with E-state index in [0.29, 0.717) is 22.2 Å². The molecule has 7 heteroatoms.